The Bertz CT molecular complexity index is 817. The van der Waals surface area contributed by atoms with Crippen molar-refractivity contribution in [1.82, 2.24) is 0 Å². The predicted octanol–water partition coefficient (Wildman–Crippen LogP) is 5.88. The smallest absolute Gasteiger partial charge is 0.151 e. The van der Waals surface area contributed by atoms with Gasteiger partial charge >= 0.3 is 0 Å². The van der Waals surface area contributed by atoms with E-state index in [9.17, 15) is 4.79 Å². The lowest BCUT2D eigenvalue weighted by molar-refractivity contribution is 0.112. The quantitative estimate of drug-likeness (QED) is 0.517. The van der Waals surface area contributed by atoms with Gasteiger partial charge in [0.2, 0.25) is 0 Å². The molecule has 0 aliphatic heterocycles. The van der Waals surface area contributed by atoms with E-state index in [1.807, 2.05) is 60.7 Å². The van der Waals surface area contributed by atoms with Crippen LogP contribution in [0.25, 0.3) is 0 Å². The zero-order valence-electron chi connectivity index (χ0n) is 12.8. The Kier molecular flexibility index (Phi) is 5.57. The lowest BCUT2D eigenvalue weighted by Crippen LogP contribution is -1.94. The summed E-state index contributed by atoms with van der Waals surface area (Å²) in [6, 6.07) is 23.4. The summed E-state index contributed by atoms with van der Waals surface area (Å²) in [4.78, 5) is 12.9. The first-order chi connectivity index (χ1) is 11.7. The summed E-state index contributed by atoms with van der Waals surface area (Å²) >= 11 is 7.64. The summed E-state index contributed by atoms with van der Waals surface area (Å²) in [6.07, 6.45) is 0.760. The van der Waals surface area contributed by atoms with Crippen LogP contribution in [0.5, 0.6) is 5.75 Å². The van der Waals surface area contributed by atoms with Crippen molar-refractivity contribution >= 4 is 29.6 Å². The van der Waals surface area contributed by atoms with Gasteiger partial charge in [-0.2, -0.15) is 0 Å². The Morgan fingerprint density at radius 1 is 0.917 bits per heavy atom. The average molecular weight is 355 g/mol. The molecule has 0 amide bonds. The number of halogens is 1. The van der Waals surface area contributed by atoms with Crippen LogP contribution >= 0.6 is 23.4 Å². The maximum atomic E-state index is 10.8. The van der Waals surface area contributed by atoms with E-state index in [0.29, 0.717) is 17.2 Å². The maximum absolute atomic E-state index is 10.8. The average Bonchev–Trinajstić information content (AvgIpc) is 2.62. The first-order valence-electron chi connectivity index (χ1n) is 7.44. The molecule has 0 unspecified atom stereocenters. The zero-order valence-corrected chi connectivity index (χ0v) is 14.4. The SMILES string of the molecule is O=Cc1ccc(Sc2ccc(OCc3ccccc3)cc2)cc1Cl. The van der Waals surface area contributed by atoms with Gasteiger partial charge in [0.05, 0.1) is 5.02 Å². The molecule has 0 spiro atoms. The Morgan fingerprint density at radius 3 is 2.29 bits per heavy atom. The summed E-state index contributed by atoms with van der Waals surface area (Å²) in [7, 11) is 0. The van der Waals surface area contributed by atoms with Crippen LogP contribution in [0.15, 0.2) is 82.6 Å². The highest BCUT2D eigenvalue weighted by atomic mass is 35.5. The molecule has 0 saturated heterocycles. The maximum Gasteiger partial charge on any atom is 0.151 e. The van der Waals surface area contributed by atoms with E-state index in [2.05, 4.69) is 0 Å². The van der Waals surface area contributed by atoms with Crippen molar-refractivity contribution in [3.8, 4) is 5.75 Å². The Hall–Kier alpha value is -2.23. The second kappa shape index (κ2) is 8.04. The summed E-state index contributed by atoms with van der Waals surface area (Å²) in [5, 5.41) is 0.470. The highest BCUT2D eigenvalue weighted by molar-refractivity contribution is 7.99. The molecule has 3 rings (SSSR count). The number of carbonyl (C=O) groups is 1. The molecule has 0 fully saturated rings. The number of rotatable bonds is 6. The predicted molar refractivity (Wildman–Crippen MR) is 98.2 cm³/mol. The minimum absolute atomic E-state index is 0.470. The monoisotopic (exact) mass is 354 g/mol. The Labute approximate surface area is 150 Å². The van der Waals surface area contributed by atoms with E-state index in [4.69, 9.17) is 16.3 Å². The van der Waals surface area contributed by atoms with Crippen LogP contribution in [0.3, 0.4) is 0 Å². The van der Waals surface area contributed by atoms with Crippen molar-refractivity contribution in [3.63, 3.8) is 0 Å². The van der Waals surface area contributed by atoms with Crippen LogP contribution in [0, 0.1) is 0 Å². The molecule has 0 atom stereocenters. The van der Waals surface area contributed by atoms with Crippen LogP contribution in [0.4, 0.5) is 0 Å². The first-order valence-corrected chi connectivity index (χ1v) is 8.63. The van der Waals surface area contributed by atoms with Crippen LogP contribution in [-0.2, 0) is 6.61 Å². The Morgan fingerprint density at radius 2 is 1.62 bits per heavy atom. The lowest BCUT2D eigenvalue weighted by atomic mass is 10.2. The summed E-state index contributed by atoms with van der Waals surface area (Å²) in [6.45, 7) is 0.552. The summed E-state index contributed by atoms with van der Waals surface area (Å²) < 4.78 is 5.78. The van der Waals surface area contributed by atoms with Gasteiger partial charge in [-0.25, -0.2) is 0 Å². The Balaban J connectivity index is 1.62. The molecular formula is C20H15ClO2S. The second-order valence-electron chi connectivity index (χ2n) is 5.15. The summed E-state index contributed by atoms with van der Waals surface area (Å²) in [5.74, 6) is 0.831. The fourth-order valence-corrected chi connectivity index (χ4v) is 3.29. The van der Waals surface area contributed by atoms with Gasteiger partial charge in [-0.15, -0.1) is 0 Å². The zero-order chi connectivity index (χ0) is 16.8. The normalized spacial score (nSPS) is 10.4. The van der Waals surface area contributed by atoms with E-state index >= 15 is 0 Å². The van der Waals surface area contributed by atoms with E-state index < -0.39 is 0 Å². The molecule has 3 aromatic carbocycles. The van der Waals surface area contributed by atoms with E-state index in [1.54, 1.807) is 23.9 Å². The molecule has 0 radical (unpaired) electrons. The third-order valence-corrected chi connectivity index (χ3v) is 4.73. The van der Waals surface area contributed by atoms with Gasteiger partial charge in [0, 0.05) is 15.4 Å². The van der Waals surface area contributed by atoms with Crippen LogP contribution in [0.1, 0.15) is 15.9 Å². The molecule has 0 bridgehead atoms. The molecule has 3 aromatic rings. The molecular weight excluding hydrogens is 340 g/mol. The van der Waals surface area contributed by atoms with Crippen molar-refractivity contribution in [2.75, 3.05) is 0 Å². The van der Waals surface area contributed by atoms with Gasteiger partial charge < -0.3 is 4.74 Å². The molecule has 120 valence electrons. The molecule has 0 aromatic heterocycles. The fraction of sp³-hybridized carbons (Fsp3) is 0.0500. The number of hydrogen-bond acceptors (Lipinski definition) is 3. The molecule has 4 heteroatoms. The first kappa shape index (κ1) is 16.6. The molecule has 0 aliphatic carbocycles. The number of hydrogen-bond donors (Lipinski definition) is 0. The van der Waals surface area contributed by atoms with Gasteiger partial charge in [0.25, 0.3) is 0 Å². The van der Waals surface area contributed by atoms with Gasteiger partial charge in [-0.3, -0.25) is 4.79 Å². The topological polar surface area (TPSA) is 26.3 Å². The lowest BCUT2D eigenvalue weighted by Gasteiger charge is -2.08. The van der Waals surface area contributed by atoms with Gasteiger partial charge in [0.15, 0.2) is 6.29 Å². The van der Waals surface area contributed by atoms with Gasteiger partial charge in [-0.1, -0.05) is 53.7 Å². The molecule has 0 saturated carbocycles. The van der Waals surface area contributed by atoms with Crippen LogP contribution in [-0.4, -0.2) is 6.29 Å². The molecule has 0 aliphatic rings. The van der Waals surface area contributed by atoms with Crippen molar-refractivity contribution in [1.29, 1.82) is 0 Å². The van der Waals surface area contributed by atoms with E-state index in [0.717, 1.165) is 27.4 Å². The largest absolute Gasteiger partial charge is 0.489 e. The van der Waals surface area contributed by atoms with Crippen LogP contribution < -0.4 is 4.74 Å². The van der Waals surface area contributed by atoms with Crippen molar-refractivity contribution < 1.29 is 9.53 Å². The minimum atomic E-state index is 0.470. The van der Waals surface area contributed by atoms with Gasteiger partial charge in [0.1, 0.15) is 12.4 Å². The van der Waals surface area contributed by atoms with Crippen LogP contribution in [0.2, 0.25) is 5.02 Å². The van der Waals surface area contributed by atoms with Gasteiger partial charge in [-0.05, 0) is 48.0 Å². The molecule has 24 heavy (non-hydrogen) atoms. The minimum Gasteiger partial charge on any atom is -0.489 e. The number of benzene rings is 3. The highest BCUT2D eigenvalue weighted by Crippen LogP contribution is 2.31. The molecule has 0 heterocycles. The molecule has 0 N–H and O–H groups in total. The fourth-order valence-electron chi connectivity index (χ4n) is 2.15. The third-order valence-electron chi connectivity index (χ3n) is 3.41. The molecule has 2 nitrogen and oxygen atoms in total. The van der Waals surface area contributed by atoms with E-state index in [1.165, 1.54) is 0 Å². The van der Waals surface area contributed by atoms with E-state index in [-0.39, 0.29) is 0 Å². The third kappa shape index (κ3) is 4.40. The number of ether oxygens (including phenoxy) is 1. The number of carbonyl (C=O) groups excluding carboxylic acids is 1. The van der Waals surface area contributed by atoms with Crippen molar-refractivity contribution in [2.24, 2.45) is 0 Å². The standard InChI is InChI=1S/C20H15ClO2S/c21-20-12-19(9-6-16(20)13-22)24-18-10-7-17(8-11-18)23-14-15-4-2-1-3-5-15/h1-13H,14H2. The highest BCUT2D eigenvalue weighted by Gasteiger charge is 2.03. The second-order valence-corrected chi connectivity index (χ2v) is 6.70. The van der Waals surface area contributed by atoms with Crippen molar-refractivity contribution in [3.05, 3.63) is 88.9 Å². The summed E-state index contributed by atoms with van der Waals surface area (Å²) in [5.41, 5.74) is 1.64. The van der Waals surface area contributed by atoms with Crippen molar-refractivity contribution in [2.45, 2.75) is 16.4 Å². The number of aldehydes is 1.